The fourth-order valence-electron chi connectivity index (χ4n) is 2.84. The standard InChI is InChI=1S/C21H25N5/c1-21(2,3)17-12-8-9-13-18(17)23-20-24-19(14-22-25-20)26(4)15-16-10-6-5-7-11-16/h5-14H,15H2,1-4H3,(H,23,24,25). The fraction of sp³-hybridized carbons (Fsp3) is 0.286. The minimum atomic E-state index is 0.0265. The first kappa shape index (κ1) is 17.9. The van der Waals surface area contributed by atoms with Gasteiger partial charge >= 0.3 is 0 Å². The molecule has 2 aromatic carbocycles. The molecule has 0 fully saturated rings. The van der Waals surface area contributed by atoms with E-state index in [0.717, 1.165) is 18.1 Å². The Labute approximate surface area is 155 Å². The summed E-state index contributed by atoms with van der Waals surface area (Å²) in [5.41, 5.74) is 3.47. The zero-order valence-electron chi connectivity index (χ0n) is 15.8. The molecule has 1 N–H and O–H groups in total. The molecule has 0 bridgehead atoms. The molecule has 1 heterocycles. The van der Waals surface area contributed by atoms with E-state index in [2.05, 4.69) is 70.4 Å². The zero-order chi connectivity index (χ0) is 18.6. The van der Waals surface area contributed by atoms with E-state index in [1.165, 1.54) is 11.1 Å². The molecule has 5 nitrogen and oxygen atoms in total. The molecule has 0 saturated carbocycles. The van der Waals surface area contributed by atoms with Gasteiger partial charge in [0.25, 0.3) is 0 Å². The Morgan fingerprint density at radius 2 is 1.65 bits per heavy atom. The zero-order valence-corrected chi connectivity index (χ0v) is 15.8. The lowest BCUT2D eigenvalue weighted by Gasteiger charge is -2.23. The van der Waals surface area contributed by atoms with Gasteiger partial charge in [-0.3, -0.25) is 0 Å². The van der Waals surface area contributed by atoms with Gasteiger partial charge in [-0.15, -0.1) is 5.10 Å². The van der Waals surface area contributed by atoms with Gasteiger partial charge in [0.05, 0.1) is 6.20 Å². The quantitative estimate of drug-likeness (QED) is 0.734. The number of benzene rings is 2. The molecular weight excluding hydrogens is 322 g/mol. The third-order valence-corrected chi connectivity index (χ3v) is 4.18. The Morgan fingerprint density at radius 1 is 0.962 bits per heavy atom. The molecule has 26 heavy (non-hydrogen) atoms. The van der Waals surface area contributed by atoms with Crippen LogP contribution in [0.1, 0.15) is 31.9 Å². The molecule has 3 aromatic rings. The SMILES string of the molecule is CN(Cc1ccccc1)c1cnnc(Nc2ccccc2C(C)(C)C)n1. The Balaban J connectivity index is 1.80. The van der Waals surface area contributed by atoms with Gasteiger partial charge in [0, 0.05) is 19.3 Å². The van der Waals surface area contributed by atoms with Gasteiger partial charge in [0.1, 0.15) is 0 Å². The van der Waals surface area contributed by atoms with Crippen LogP contribution in [0.25, 0.3) is 0 Å². The van der Waals surface area contributed by atoms with Crippen LogP contribution in [-0.2, 0) is 12.0 Å². The molecule has 0 aliphatic carbocycles. The summed E-state index contributed by atoms with van der Waals surface area (Å²) in [6, 6.07) is 18.5. The van der Waals surface area contributed by atoms with Gasteiger partial charge in [0.15, 0.2) is 5.82 Å². The molecule has 0 unspecified atom stereocenters. The lowest BCUT2D eigenvalue weighted by molar-refractivity contribution is 0.592. The molecule has 3 rings (SSSR count). The average molecular weight is 347 g/mol. The van der Waals surface area contributed by atoms with E-state index in [-0.39, 0.29) is 5.41 Å². The normalized spacial score (nSPS) is 11.2. The molecule has 5 heteroatoms. The van der Waals surface area contributed by atoms with Crippen LogP contribution >= 0.6 is 0 Å². The first-order valence-electron chi connectivity index (χ1n) is 8.75. The summed E-state index contributed by atoms with van der Waals surface area (Å²) in [7, 11) is 2.00. The summed E-state index contributed by atoms with van der Waals surface area (Å²) in [6.07, 6.45) is 1.68. The molecule has 0 saturated heterocycles. The van der Waals surface area contributed by atoms with Crippen molar-refractivity contribution < 1.29 is 0 Å². The summed E-state index contributed by atoms with van der Waals surface area (Å²) >= 11 is 0. The maximum atomic E-state index is 4.63. The van der Waals surface area contributed by atoms with Crippen molar-refractivity contribution in [3.05, 3.63) is 71.9 Å². The molecule has 0 spiro atoms. The number of hydrogen-bond donors (Lipinski definition) is 1. The van der Waals surface area contributed by atoms with Gasteiger partial charge in [-0.25, -0.2) is 0 Å². The minimum Gasteiger partial charge on any atom is -0.354 e. The van der Waals surface area contributed by atoms with Gasteiger partial charge in [0.2, 0.25) is 5.95 Å². The van der Waals surface area contributed by atoms with Gasteiger partial charge in [-0.2, -0.15) is 10.1 Å². The number of rotatable bonds is 5. The summed E-state index contributed by atoms with van der Waals surface area (Å²) in [5.74, 6) is 1.28. The first-order valence-corrected chi connectivity index (χ1v) is 8.75. The predicted octanol–water partition coefficient (Wildman–Crippen LogP) is 4.55. The van der Waals surface area contributed by atoms with E-state index < -0.39 is 0 Å². The van der Waals surface area contributed by atoms with E-state index in [4.69, 9.17) is 0 Å². The second-order valence-electron chi connectivity index (χ2n) is 7.40. The summed E-state index contributed by atoms with van der Waals surface area (Å²) in [4.78, 5) is 6.69. The fourth-order valence-corrected chi connectivity index (χ4v) is 2.84. The summed E-state index contributed by atoms with van der Waals surface area (Å²) in [6.45, 7) is 7.33. The van der Waals surface area contributed by atoms with Crippen LogP contribution in [0.3, 0.4) is 0 Å². The topological polar surface area (TPSA) is 53.9 Å². The Kier molecular flexibility index (Phi) is 5.16. The van der Waals surface area contributed by atoms with Crippen LogP contribution in [0.15, 0.2) is 60.8 Å². The largest absolute Gasteiger partial charge is 0.354 e. The second-order valence-corrected chi connectivity index (χ2v) is 7.40. The summed E-state index contributed by atoms with van der Waals surface area (Å²) < 4.78 is 0. The van der Waals surface area contributed by atoms with Crippen LogP contribution in [0.4, 0.5) is 17.5 Å². The van der Waals surface area contributed by atoms with E-state index in [1.54, 1.807) is 6.20 Å². The van der Waals surface area contributed by atoms with Crippen molar-refractivity contribution >= 4 is 17.5 Å². The highest BCUT2D eigenvalue weighted by molar-refractivity contribution is 5.61. The van der Waals surface area contributed by atoms with E-state index in [0.29, 0.717) is 5.95 Å². The Morgan fingerprint density at radius 3 is 2.38 bits per heavy atom. The first-order chi connectivity index (χ1) is 12.4. The lowest BCUT2D eigenvalue weighted by atomic mass is 9.86. The lowest BCUT2D eigenvalue weighted by Crippen LogP contribution is -2.19. The molecule has 0 atom stereocenters. The van der Waals surface area contributed by atoms with Gasteiger partial charge < -0.3 is 10.2 Å². The molecule has 0 aliphatic rings. The molecular formula is C21H25N5. The highest BCUT2D eigenvalue weighted by Gasteiger charge is 2.18. The van der Waals surface area contributed by atoms with Crippen molar-refractivity contribution in [2.24, 2.45) is 0 Å². The third-order valence-electron chi connectivity index (χ3n) is 4.18. The monoisotopic (exact) mass is 347 g/mol. The highest BCUT2D eigenvalue weighted by Crippen LogP contribution is 2.30. The van der Waals surface area contributed by atoms with Crippen LogP contribution in [0.5, 0.6) is 0 Å². The van der Waals surface area contributed by atoms with Crippen molar-refractivity contribution in [2.75, 3.05) is 17.3 Å². The number of nitrogens with one attached hydrogen (secondary N) is 1. The molecule has 134 valence electrons. The molecule has 0 amide bonds. The molecule has 0 aliphatic heterocycles. The van der Waals surface area contributed by atoms with Gasteiger partial charge in [-0.1, -0.05) is 69.3 Å². The van der Waals surface area contributed by atoms with Crippen LogP contribution in [0.2, 0.25) is 0 Å². The van der Waals surface area contributed by atoms with Crippen molar-refractivity contribution in [1.29, 1.82) is 0 Å². The average Bonchev–Trinajstić information content (AvgIpc) is 2.62. The second kappa shape index (κ2) is 7.52. The van der Waals surface area contributed by atoms with Crippen LogP contribution < -0.4 is 10.2 Å². The number of para-hydroxylation sites is 1. The maximum Gasteiger partial charge on any atom is 0.249 e. The summed E-state index contributed by atoms with van der Waals surface area (Å²) in [5, 5.41) is 11.6. The third kappa shape index (κ3) is 4.36. The highest BCUT2D eigenvalue weighted by atomic mass is 15.3. The number of hydrogen-bond acceptors (Lipinski definition) is 5. The van der Waals surface area contributed by atoms with E-state index in [9.17, 15) is 0 Å². The van der Waals surface area contributed by atoms with Crippen LogP contribution in [-0.4, -0.2) is 22.2 Å². The van der Waals surface area contributed by atoms with Crippen molar-refractivity contribution in [3.63, 3.8) is 0 Å². The minimum absolute atomic E-state index is 0.0265. The number of aromatic nitrogens is 3. The predicted molar refractivity (Wildman–Crippen MR) is 107 cm³/mol. The maximum absolute atomic E-state index is 4.63. The van der Waals surface area contributed by atoms with Crippen molar-refractivity contribution in [3.8, 4) is 0 Å². The Hall–Kier alpha value is -2.95. The molecule has 0 radical (unpaired) electrons. The van der Waals surface area contributed by atoms with Crippen molar-refractivity contribution in [2.45, 2.75) is 32.7 Å². The van der Waals surface area contributed by atoms with E-state index in [1.807, 2.05) is 37.4 Å². The van der Waals surface area contributed by atoms with Gasteiger partial charge in [-0.05, 0) is 22.6 Å². The van der Waals surface area contributed by atoms with Crippen LogP contribution in [0, 0.1) is 0 Å². The number of nitrogens with zero attached hydrogens (tertiary/aromatic N) is 4. The van der Waals surface area contributed by atoms with E-state index >= 15 is 0 Å². The number of anilines is 3. The van der Waals surface area contributed by atoms with Crippen molar-refractivity contribution in [1.82, 2.24) is 15.2 Å². The smallest absolute Gasteiger partial charge is 0.249 e. The Bertz CT molecular complexity index is 856. The molecule has 1 aromatic heterocycles.